The van der Waals surface area contributed by atoms with E-state index in [-0.39, 0.29) is 0 Å². The van der Waals surface area contributed by atoms with Crippen molar-refractivity contribution in [2.45, 2.75) is 63.3 Å². The summed E-state index contributed by atoms with van der Waals surface area (Å²) >= 11 is 0. The predicted molar refractivity (Wildman–Crippen MR) is 164 cm³/mol. The fraction of sp³-hybridized carbons (Fsp3) is 0.294. The first-order chi connectivity index (χ1) is 18.4. The second kappa shape index (κ2) is 13.0. The first kappa shape index (κ1) is 26.3. The van der Waals surface area contributed by atoms with E-state index in [9.17, 15) is 0 Å². The van der Waals surface area contributed by atoms with Gasteiger partial charge in [0.25, 0.3) is 0 Å². The van der Waals surface area contributed by atoms with E-state index in [0.717, 1.165) is 0 Å². The Balaban J connectivity index is 0.00000137. The monoisotopic (exact) mass is 523 g/mol. The average Bonchev–Trinajstić information content (AvgIpc) is 3.40. The van der Waals surface area contributed by atoms with Gasteiger partial charge in [0.05, 0.1) is 0 Å². The molecule has 0 N–H and O–H groups in total. The van der Waals surface area contributed by atoms with Crippen LogP contribution in [0.25, 0.3) is 0 Å². The molecule has 0 unspecified atom stereocenters. The van der Waals surface area contributed by atoms with Crippen molar-refractivity contribution < 1.29 is 0 Å². The van der Waals surface area contributed by atoms with Crippen molar-refractivity contribution >= 4 is 26.8 Å². The van der Waals surface area contributed by atoms with E-state index in [2.05, 4.69) is 126 Å². The van der Waals surface area contributed by atoms with Gasteiger partial charge in [-0.1, -0.05) is 142 Å². The number of hydrogen-bond donors (Lipinski definition) is 0. The zero-order valence-corrected chi connectivity index (χ0v) is 23.9. The fourth-order valence-corrected chi connectivity index (χ4v) is 13.5. The number of benzene rings is 4. The second-order valence-corrected chi connectivity index (χ2v) is 14.5. The zero-order valence-electron chi connectivity index (χ0n) is 22.2. The van der Waals surface area contributed by atoms with Crippen molar-refractivity contribution in [3.8, 4) is 0 Å². The lowest BCUT2D eigenvalue weighted by molar-refractivity contribution is 0.314. The van der Waals surface area contributed by atoms with E-state index < -0.39 is 16.1 Å². The molecule has 1 nitrogen and oxygen atoms in total. The fourth-order valence-electron chi connectivity index (χ4n) is 5.67. The van der Waals surface area contributed by atoms with E-state index in [1.807, 2.05) is 13.8 Å². The van der Waals surface area contributed by atoms with Crippen molar-refractivity contribution in [3.05, 3.63) is 132 Å². The molecular formula is C34H39NP2. The van der Waals surface area contributed by atoms with Crippen LogP contribution in [-0.2, 0) is 0 Å². The van der Waals surface area contributed by atoms with Crippen LogP contribution >= 0.6 is 16.1 Å². The highest BCUT2D eigenvalue weighted by molar-refractivity contribution is 7.79. The number of rotatable bonds is 7. The van der Waals surface area contributed by atoms with Gasteiger partial charge in [-0.25, -0.2) is 4.44 Å². The molecule has 2 fully saturated rings. The van der Waals surface area contributed by atoms with Crippen molar-refractivity contribution in [1.29, 1.82) is 0 Å². The maximum atomic E-state index is 3.10. The Hall–Kier alpha value is -2.30. The molecule has 190 valence electrons. The molecule has 6 rings (SSSR count). The van der Waals surface area contributed by atoms with Crippen LogP contribution in [0.15, 0.2) is 121 Å². The molecule has 1 aliphatic carbocycles. The van der Waals surface area contributed by atoms with Gasteiger partial charge in [0, 0.05) is 25.4 Å². The van der Waals surface area contributed by atoms with Crippen LogP contribution in [0, 0.1) is 0 Å². The molecule has 0 spiro atoms. The third-order valence-corrected chi connectivity index (χ3v) is 14.2. The minimum Gasteiger partial charge on any atom is -0.248 e. The minimum atomic E-state index is -0.591. The molecule has 37 heavy (non-hydrogen) atoms. The quantitative estimate of drug-likeness (QED) is 0.218. The average molecular weight is 524 g/mol. The van der Waals surface area contributed by atoms with Crippen molar-refractivity contribution in [3.63, 3.8) is 0 Å². The second-order valence-electron chi connectivity index (χ2n) is 9.70. The normalized spacial score (nSPS) is 19.9. The van der Waals surface area contributed by atoms with Crippen LogP contribution in [-0.4, -0.2) is 10.5 Å². The highest BCUT2D eigenvalue weighted by Crippen LogP contribution is 2.77. The van der Waals surface area contributed by atoms with E-state index in [0.29, 0.717) is 17.4 Å². The Bertz CT molecular complexity index is 1110. The lowest BCUT2D eigenvalue weighted by atomic mass is 9.94. The van der Waals surface area contributed by atoms with Gasteiger partial charge in [0.15, 0.2) is 0 Å². The standard InChI is InChI=1S/C32H33NP2.C2H6/c1-5-14-26(15-6-1)31-24-25-32(27-16-7-2-8-17-27)35(31)33(28-18-13-19-28)34(29-20-9-3-10-21-29)30-22-11-4-12-23-30;1-2/h1-12,14-17,20-23,28,31-32H,13,18-19,24-25H2;1-2H3/t31-,32-;/m1./s1. The van der Waals surface area contributed by atoms with Gasteiger partial charge in [-0.05, 0) is 55.5 Å². The van der Waals surface area contributed by atoms with E-state index in [1.54, 1.807) is 0 Å². The third kappa shape index (κ3) is 5.76. The SMILES string of the molecule is CC.c1ccc([C@H]2CC[C@H](c3ccccc3)P2N(C2CCC2)P(c2ccccc2)c2ccccc2)cc1. The molecule has 4 aromatic carbocycles. The molecule has 3 heteroatoms. The van der Waals surface area contributed by atoms with E-state index >= 15 is 0 Å². The molecule has 4 aromatic rings. The summed E-state index contributed by atoms with van der Waals surface area (Å²) in [7, 11) is -0.998. The molecule has 1 aliphatic heterocycles. The van der Waals surface area contributed by atoms with Crippen molar-refractivity contribution in [1.82, 2.24) is 4.44 Å². The molecule has 1 heterocycles. The van der Waals surface area contributed by atoms with Gasteiger partial charge in [-0.15, -0.1) is 0 Å². The highest BCUT2D eigenvalue weighted by Gasteiger charge is 2.47. The lowest BCUT2D eigenvalue weighted by Gasteiger charge is -2.49. The van der Waals surface area contributed by atoms with Crippen molar-refractivity contribution in [2.24, 2.45) is 0 Å². The van der Waals surface area contributed by atoms with E-state index in [1.165, 1.54) is 53.8 Å². The van der Waals surface area contributed by atoms with Crippen LogP contribution in [0.3, 0.4) is 0 Å². The van der Waals surface area contributed by atoms with Gasteiger partial charge >= 0.3 is 0 Å². The summed E-state index contributed by atoms with van der Waals surface area (Å²) in [6, 6.07) is 46.3. The lowest BCUT2D eigenvalue weighted by Crippen LogP contribution is -2.38. The summed E-state index contributed by atoms with van der Waals surface area (Å²) in [5.41, 5.74) is 4.32. The smallest absolute Gasteiger partial charge is 0.0321 e. The Morgan fingerprint density at radius 2 is 0.919 bits per heavy atom. The third-order valence-electron chi connectivity index (χ3n) is 7.57. The molecule has 2 aliphatic rings. The summed E-state index contributed by atoms with van der Waals surface area (Å²) in [5.74, 6) is 0. The van der Waals surface area contributed by atoms with Gasteiger partial charge in [0.1, 0.15) is 0 Å². The predicted octanol–water partition coefficient (Wildman–Crippen LogP) is 9.59. The Morgan fingerprint density at radius 1 is 0.541 bits per heavy atom. The Kier molecular flexibility index (Phi) is 9.23. The van der Waals surface area contributed by atoms with Crippen molar-refractivity contribution in [2.75, 3.05) is 0 Å². The summed E-state index contributed by atoms with van der Waals surface area (Å²) in [4.78, 5) is 0. The van der Waals surface area contributed by atoms with Gasteiger partial charge < -0.3 is 0 Å². The molecule has 0 bridgehead atoms. The summed E-state index contributed by atoms with van der Waals surface area (Å²) < 4.78 is 3.10. The van der Waals surface area contributed by atoms with Crippen LogP contribution in [0.5, 0.6) is 0 Å². The van der Waals surface area contributed by atoms with Gasteiger partial charge in [0.2, 0.25) is 0 Å². The molecular weight excluding hydrogens is 484 g/mol. The van der Waals surface area contributed by atoms with Gasteiger partial charge in [-0.3, -0.25) is 0 Å². The zero-order chi connectivity index (χ0) is 25.5. The highest BCUT2D eigenvalue weighted by atomic mass is 31.2. The number of hydrogen-bond acceptors (Lipinski definition) is 1. The first-order valence-corrected chi connectivity index (χ1v) is 16.7. The summed E-state index contributed by atoms with van der Waals surface area (Å²) in [6.45, 7) is 4.00. The topological polar surface area (TPSA) is 3.24 Å². The summed E-state index contributed by atoms with van der Waals surface area (Å²) in [6.07, 6.45) is 6.60. The largest absolute Gasteiger partial charge is 0.248 e. The maximum Gasteiger partial charge on any atom is 0.0321 e. The summed E-state index contributed by atoms with van der Waals surface area (Å²) in [5, 5.41) is 2.99. The first-order valence-electron chi connectivity index (χ1n) is 14.0. The van der Waals surface area contributed by atoms with Gasteiger partial charge in [-0.2, -0.15) is 0 Å². The van der Waals surface area contributed by atoms with Crippen LogP contribution in [0.4, 0.5) is 0 Å². The van der Waals surface area contributed by atoms with Crippen LogP contribution < -0.4 is 10.6 Å². The molecule has 0 amide bonds. The number of nitrogens with zero attached hydrogens (tertiary/aromatic N) is 1. The maximum absolute atomic E-state index is 3.10. The van der Waals surface area contributed by atoms with Crippen LogP contribution in [0.2, 0.25) is 0 Å². The Labute approximate surface area is 226 Å². The van der Waals surface area contributed by atoms with E-state index in [4.69, 9.17) is 0 Å². The van der Waals surface area contributed by atoms with Crippen LogP contribution in [0.1, 0.15) is 68.4 Å². The minimum absolute atomic E-state index is 0.406. The molecule has 1 saturated carbocycles. The molecule has 0 radical (unpaired) electrons. The molecule has 1 saturated heterocycles. The molecule has 0 aromatic heterocycles. The Morgan fingerprint density at radius 3 is 1.27 bits per heavy atom. The molecule has 2 atom stereocenters.